The van der Waals surface area contributed by atoms with Crippen LogP contribution in [0.25, 0.3) is 11.4 Å². The molecule has 0 bridgehead atoms. The number of aromatic nitrogens is 3. The summed E-state index contributed by atoms with van der Waals surface area (Å²) in [6.07, 6.45) is -2.02. The predicted octanol–water partition coefficient (Wildman–Crippen LogP) is 4.41. The van der Waals surface area contributed by atoms with Crippen molar-refractivity contribution in [2.75, 3.05) is 6.61 Å². The Bertz CT molecular complexity index is 838. The minimum Gasteiger partial charge on any atom is -0.487 e. The lowest BCUT2D eigenvalue weighted by Gasteiger charge is -2.30. The van der Waals surface area contributed by atoms with Crippen LogP contribution in [0.4, 0.5) is 13.6 Å². The third-order valence-corrected chi connectivity index (χ3v) is 3.88. The molecule has 2 N–H and O–H groups in total. The molecule has 2 aromatic heterocycles. The van der Waals surface area contributed by atoms with E-state index in [1.807, 2.05) is 13.8 Å². The summed E-state index contributed by atoms with van der Waals surface area (Å²) in [5, 5.41) is -0.0220. The second kappa shape index (κ2) is 9.09. The Balaban J connectivity index is 2.28. The largest absolute Gasteiger partial charge is 0.487 e. The Morgan fingerprint density at radius 2 is 1.93 bits per heavy atom. The highest BCUT2D eigenvalue weighted by atomic mass is 35.5. The predicted molar refractivity (Wildman–Crippen MR) is 99.3 cm³/mol. The van der Waals surface area contributed by atoms with Gasteiger partial charge in [0, 0.05) is 6.20 Å². The number of pyridine rings is 1. The first kappa shape index (κ1) is 21.7. The number of ether oxygens (including phenoxy) is 2. The van der Waals surface area contributed by atoms with Gasteiger partial charge in [0.25, 0.3) is 6.43 Å². The van der Waals surface area contributed by atoms with Gasteiger partial charge < -0.3 is 15.2 Å². The van der Waals surface area contributed by atoms with Crippen LogP contribution in [0.2, 0.25) is 5.28 Å². The minimum absolute atomic E-state index is 0.0220. The van der Waals surface area contributed by atoms with Crippen molar-refractivity contribution in [1.29, 1.82) is 0 Å². The summed E-state index contributed by atoms with van der Waals surface area (Å²) in [4.78, 5) is 22.9. The van der Waals surface area contributed by atoms with E-state index in [9.17, 15) is 13.6 Å². The SMILES string of the molecule is CC(C)CC(C)(COc1ccc(-c2ccnc(Cl)n2)nc1C(F)F)OC(N)=O. The molecule has 0 radical (unpaired) electrons. The van der Waals surface area contributed by atoms with Crippen LogP contribution in [0.5, 0.6) is 5.75 Å². The van der Waals surface area contributed by atoms with Crippen LogP contribution in [0.15, 0.2) is 24.4 Å². The number of alkyl halides is 2. The molecule has 2 rings (SSSR count). The van der Waals surface area contributed by atoms with Crippen molar-refractivity contribution in [1.82, 2.24) is 15.0 Å². The maximum Gasteiger partial charge on any atom is 0.405 e. The van der Waals surface area contributed by atoms with Gasteiger partial charge in [-0.25, -0.2) is 28.5 Å². The third kappa shape index (κ3) is 5.98. The van der Waals surface area contributed by atoms with E-state index >= 15 is 0 Å². The van der Waals surface area contributed by atoms with E-state index in [1.54, 1.807) is 6.92 Å². The third-order valence-electron chi connectivity index (χ3n) is 3.70. The molecule has 0 aliphatic heterocycles. The number of nitrogens with zero attached hydrogens (tertiary/aromatic N) is 3. The summed E-state index contributed by atoms with van der Waals surface area (Å²) in [7, 11) is 0. The summed E-state index contributed by atoms with van der Waals surface area (Å²) >= 11 is 5.74. The van der Waals surface area contributed by atoms with Gasteiger partial charge in [-0.05, 0) is 49.1 Å². The number of carbonyl (C=O) groups excluding carboxylic acids is 1. The van der Waals surface area contributed by atoms with Crippen molar-refractivity contribution in [3.05, 3.63) is 35.4 Å². The van der Waals surface area contributed by atoms with Crippen molar-refractivity contribution in [3.63, 3.8) is 0 Å². The normalized spacial score (nSPS) is 13.4. The van der Waals surface area contributed by atoms with Gasteiger partial charge in [0.1, 0.15) is 23.7 Å². The van der Waals surface area contributed by atoms with Crippen LogP contribution in [0, 0.1) is 5.92 Å². The van der Waals surface area contributed by atoms with E-state index in [0.29, 0.717) is 12.1 Å². The summed E-state index contributed by atoms with van der Waals surface area (Å²) in [6.45, 7) is 5.32. The quantitative estimate of drug-likeness (QED) is 0.642. The smallest absolute Gasteiger partial charge is 0.405 e. The fourth-order valence-corrected chi connectivity index (χ4v) is 2.98. The topological polar surface area (TPSA) is 100 Å². The molecule has 1 amide bonds. The fraction of sp³-hybridized carbons (Fsp3) is 0.444. The molecular formula is C18H21ClF2N4O3. The average Bonchev–Trinajstić information content (AvgIpc) is 2.58. The Hall–Kier alpha value is -2.55. The number of hydrogen-bond donors (Lipinski definition) is 1. The summed E-state index contributed by atoms with van der Waals surface area (Å²) < 4.78 is 37.8. The van der Waals surface area contributed by atoms with E-state index in [1.165, 1.54) is 24.4 Å². The molecule has 0 aromatic carbocycles. The second-order valence-corrected chi connectivity index (χ2v) is 7.19. The van der Waals surface area contributed by atoms with Crippen molar-refractivity contribution in [2.24, 2.45) is 11.7 Å². The Labute approximate surface area is 166 Å². The van der Waals surface area contributed by atoms with Crippen molar-refractivity contribution in [2.45, 2.75) is 39.2 Å². The Kier molecular flexibility index (Phi) is 7.06. The molecule has 152 valence electrons. The molecule has 0 fully saturated rings. The molecule has 2 aromatic rings. The molecule has 1 atom stereocenters. The minimum atomic E-state index is -2.89. The molecule has 2 heterocycles. The van der Waals surface area contributed by atoms with Gasteiger partial charge in [-0.2, -0.15) is 0 Å². The number of halogens is 3. The van der Waals surface area contributed by atoms with Gasteiger partial charge >= 0.3 is 6.09 Å². The number of primary amides is 1. The van der Waals surface area contributed by atoms with Crippen LogP contribution in [-0.2, 0) is 4.74 Å². The van der Waals surface area contributed by atoms with Gasteiger partial charge in [-0.15, -0.1) is 0 Å². The van der Waals surface area contributed by atoms with Gasteiger partial charge in [0.15, 0.2) is 0 Å². The molecule has 0 aliphatic carbocycles. The molecule has 1 unspecified atom stereocenters. The van der Waals surface area contributed by atoms with Crippen LogP contribution < -0.4 is 10.5 Å². The number of amides is 1. The number of rotatable bonds is 8. The summed E-state index contributed by atoms with van der Waals surface area (Å²) in [5.41, 5.74) is 4.00. The lowest BCUT2D eigenvalue weighted by Crippen LogP contribution is -2.41. The highest BCUT2D eigenvalue weighted by Crippen LogP contribution is 2.31. The summed E-state index contributed by atoms with van der Waals surface area (Å²) in [5.74, 6) is 0.0347. The monoisotopic (exact) mass is 414 g/mol. The van der Waals surface area contributed by atoms with Crippen LogP contribution in [0.1, 0.15) is 39.3 Å². The van der Waals surface area contributed by atoms with Crippen molar-refractivity contribution >= 4 is 17.7 Å². The first-order chi connectivity index (χ1) is 13.1. The molecule has 28 heavy (non-hydrogen) atoms. The van der Waals surface area contributed by atoms with E-state index in [4.69, 9.17) is 26.8 Å². The lowest BCUT2D eigenvalue weighted by molar-refractivity contribution is -0.0197. The van der Waals surface area contributed by atoms with Gasteiger partial charge in [-0.3, -0.25) is 0 Å². The molecule has 7 nitrogen and oxygen atoms in total. The van der Waals surface area contributed by atoms with Crippen LogP contribution in [0.3, 0.4) is 0 Å². The zero-order valence-corrected chi connectivity index (χ0v) is 16.4. The molecule has 0 spiro atoms. The highest BCUT2D eigenvalue weighted by molar-refractivity contribution is 6.28. The zero-order chi connectivity index (χ0) is 20.9. The fourth-order valence-electron chi connectivity index (χ4n) is 2.83. The highest BCUT2D eigenvalue weighted by Gasteiger charge is 2.31. The standard InChI is InChI=1S/C18H21ClF2N4O3/c1-10(2)8-18(3,28-17(22)26)9-27-13-5-4-11(24-14(13)15(20)21)12-6-7-23-16(19)25-12/h4-7,10,15H,8-9H2,1-3H3,(H2,22,26). The van der Waals surface area contributed by atoms with Crippen LogP contribution in [-0.4, -0.2) is 33.3 Å². The average molecular weight is 415 g/mol. The first-order valence-corrected chi connectivity index (χ1v) is 8.86. The molecule has 0 saturated heterocycles. The van der Waals surface area contributed by atoms with Gasteiger partial charge in [0.05, 0.1) is 11.4 Å². The Morgan fingerprint density at radius 1 is 1.25 bits per heavy atom. The molecular weight excluding hydrogens is 394 g/mol. The number of carbonyl (C=O) groups is 1. The van der Waals surface area contributed by atoms with Crippen LogP contribution >= 0.6 is 11.6 Å². The van der Waals surface area contributed by atoms with E-state index in [2.05, 4.69) is 15.0 Å². The summed E-state index contributed by atoms with van der Waals surface area (Å²) in [6, 6.07) is 4.35. The molecule has 0 aliphatic rings. The van der Waals surface area contributed by atoms with Crippen molar-refractivity contribution < 1.29 is 23.0 Å². The van der Waals surface area contributed by atoms with E-state index in [-0.39, 0.29) is 29.3 Å². The zero-order valence-electron chi connectivity index (χ0n) is 15.7. The number of hydrogen-bond acceptors (Lipinski definition) is 6. The maximum atomic E-state index is 13.5. The van der Waals surface area contributed by atoms with Crippen molar-refractivity contribution in [3.8, 4) is 17.1 Å². The Morgan fingerprint density at radius 3 is 2.50 bits per heavy atom. The molecule has 10 heteroatoms. The maximum absolute atomic E-state index is 13.5. The number of nitrogens with two attached hydrogens (primary N) is 1. The van der Waals surface area contributed by atoms with Gasteiger partial charge in [0.2, 0.25) is 5.28 Å². The van der Waals surface area contributed by atoms with Gasteiger partial charge in [-0.1, -0.05) is 13.8 Å². The first-order valence-electron chi connectivity index (χ1n) is 8.49. The van der Waals surface area contributed by atoms with E-state index in [0.717, 1.165) is 0 Å². The second-order valence-electron chi connectivity index (χ2n) is 6.85. The van der Waals surface area contributed by atoms with E-state index < -0.39 is 23.8 Å². The molecule has 0 saturated carbocycles. The lowest BCUT2D eigenvalue weighted by atomic mass is 9.95.